The number of hydrogen-bond acceptors (Lipinski definition) is 4. The summed E-state index contributed by atoms with van der Waals surface area (Å²) >= 11 is 0. The van der Waals surface area contributed by atoms with Gasteiger partial charge in [0.25, 0.3) is 11.8 Å². The Balaban J connectivity index is 1.38. The van der Waals surface area contributed by atoms with E-state index in [0.29, 0.717) is 19.5 Å². The molecular weight excluding hydrogens is 447 g/mol. The quantitative estimate of drug-likeness (QED) is 0.495. The number of benzene rings is 3. The Morgan fingerprint density at radius 2 is 1.74 bits per heavy atom. The molecule has 35 heavy (non-hydrogen) atoms. The van der Waals surface area contributed by atoms with Crippen LogP contribution in [-0.2, 0) is 11.2 Å². The number of nitrogens with one attached hydrogen (secondary N) is 1. The molecule has 0 radical (unpaired) electrons. The highest BCUT2D eigenvalue weighted by atomic mass is 19.1. The summed E-state index contributed by atoms with van der Waals surface area (Å²) in [6, 6.07) is 23.1. The lowest BCUT2D eigenvalue weighted by Gasteiger charge is -2.20. The van der Waals surface area contributed by atoms with Gasteiger partial charge in [0.15, 0.2) is 6.61 Å². The first-order valence-electron chi connectivity index (χ1n) is 11.7. The van der Waals surface area contributed by atoms with Gasteiger partial charge in [0.2, 0.25) is 0 Å². The van der Waals surface area contributed by atoms with Gasteiger partial charge < -0.3 is 20.1 Å². The standard InChI is InChI=1S/C28H29FN2O4/c29-24-12-7-13-25(35-19-26(33)30-23(18-32)16-20-8-3-1-4-9-20)27(24)28(34)31-15-14-22(17-31)21-10-5-2-6-11-21/h1-13,22-23,32H,14-19H2,(H,30,33)/t22?,23-/m0/s1. The molecule has 0 spiro atoms. The lowest BCUT2D eigenvalue weighted by molar-refractivity contribution is -0.124. The molecule has 182 valence electrons. The van der Waals surface area contributed by atoms with E-state index >= 15 is 0 Å². The monoisotopic (exact) mass is 476 g/mol. The molecule has 0 saturated carbocycles. The zero-order valence-corrected chi connectivity index (χ0v) is 19.4. The number of aliphatic hydroxyl groups excluding tert-OH is 1. The Kier molecular flexibility index (Phi) is 8.11. The zero-order valence-electron chi connectivity index (χ0n) is 19.4. The van der Waals surface area contributed by atoms with Gasteiger partial charge in [-0.2, -0.15) is 0 Å². The van der Waals surface area contributed by atoms with Crippen molar-refractivity contribution in [1.29, 1.82) is 0 Å². The Morgan fingerprint density at radius 1 is 1.03 bits per heavy atom. The number of likely N-dealkylation sites (tertiary alicyclic amines) is 1. The lowest BCUT2D eigenvalue weighted by Crippen LogP contribution is -2.41. The summed E-state index contributed by atoms with van der Waals surface area (Å²) in [7, 11) is 0. The summed E-state index contributed by atoms with van der Waals surface area (Å²) in [5.74, 6) is -1.38. The number of amides is 2. The third-order valence-corrected chi connectivity index (χ3v) is 6.20. The molecule has 2 atom stereocenters. The molecular formula is C28H29FN2O4. The lowest BCUT2D eigenvalue weighted by atomic mass is 9.99. The summed E-state index contributed by atoms with van der Waals surface area (Å²) in [5.41, 5.74) is 1.96. The Hall–Kier alpha value is -3.71. The van der Waals surface area contributed by atoms with E-state index in [4.69, 9.17) is 4.74 Å². The molecule has 7 heteroatoms. The fourth-order valence-electron chi connectivity index (χ4n) is 4.40. The fourth-order valence-corrected chi connectivity index (χ4v) is 4.40. The van der Waals surface area contributed by atoms with E-state index in [2.05, 4.69) is 5.32 Å². The van der Waals surface area contributed by atoms with Crippen LogP contribution >= 0.6 is 0 Å². The van der Waals surface area contributed by atoms with Crippen LogP contribution < -0.4 is 10.1 Å². The molecule has 3 aromatic carbocycles. The van der Waals surface area contributed by atoms with Crippen molar-refractivity contribution < 1.29 is 23.8 Å². The summed E-state index contributed by atoms with van der Waals surface area (Å²) in [6.07, 6.45) is 1.26. The van der Waals surface area contributed by atoms with Crippen molar-refractivity contribution in [3.05, 3.63) is 101 Å². The summed E-state index contributed by atoms with van der Waals surface area (Å²) in [5, 5.41) is 12.4. The van der Waals surface area contributed by atoms with E-state index in [1.807, 2.05) is 60.7 Å². The third-order valence-electron chi connectivity index (χ3n) is 6.20. The maximum atomic E-state index is 14.7. The van der Waals surface area contributed by atoms with Gasteiger partial charge in [-0.05, 0) is 36.1 Å². The molecule has 1 heterocycles. The summed E-state index contributed by atoms with van der Waals surface area (Å²) < 4.78 is 20.3. The normalized spacial score (nSPS) is 16.1. The van der Waals surface area contributed by atoms with Gasteiger partial charge in [-0.25, -0.2) is 4.39 Å². The van der Waals surface area contributed by atoms with Crippen LogP contribution in [0.1, 0.15) is 33.8 Å². The predicted molar refractivity (Wildman–Crippen MR) is 131 cm³/mol. The molecule has 2 amide bonds. The van der Waals surface area contributed by atoms with Crippen molar-refractivity contribution in [2.24, 2.45) is 0 Å². The van der Waals surface area contributed by atoms with Crippen LogP contribution in [0, 0.1) is 5.82 Å². The fraction of sp³-hybridized carbons (Fsp3) is 0.286. The predicted octanol–water partition coefficient (Wildman–Crippen LogP) is 3.55. The first-order valence-corrected chi connectivity index (χ1v) is 11.7. The van der Waals surface area contributed by atoms with Crippen molar-refractivity contribution in [1.82, 2.24) is 10.2 Å². The number of carbonyl (C=O) groups is 2. The van der Waals surface area contributed by atoms with Crippen LogP contribution in [0.25, 0.3) is 0 Å². The largest absolute Gasteiger partial charge is 0.483 e. The molecule has 6 nitrogen and oxygen atoms in total. The van der Waals surface area contributed by atoms with E-state index in [0.717, 1.165) is 17.5 Å². The molecule has 0 bridgehead atoms. The molecule has 1 aliphatic rings. The number of halogens is 1. The zero-order chi connectivity index (χ0) is 24.6. The van der Waals surface area contributed by atoms with Crippen LogP contribution in [0.15, 0.2) is 78.9 Å². The van der Waals surface area contributed by atoms with Crippen LogP contribution in [0.2, 0.25) is 0 Å². The van der Waals surface area contributed by atoms with E-state index in [9.17, 15) is 19.1 Å². The van der Waals surface area contributed by atoms with Gasteiger partial charge in [0, 0.05) is 19.0 Å². The molecule has 1 aliphatic heterocycles. The Morgan fingerprint density at radius 3 is 2.46 bits per heavy atom. The number of aliphatic hydroxyl groups is 1. The number of hydrogen-bond donors (Lipinski definition) is 2. The van der Waals surface area contributed by atoms with E-state index < -0.39 is 30.3 Å². The van der Waals surface area contributed by atoms with E-state index in [-0.39, 0.29) is 23.8 Å². The first kappa shape index (κ1) is 24.4. The molecule has 2 N–H and O–H groups in total. The van der Waals surface area contributed by atoms with Gasteiger partial charge in [0.05, 0.1) is 12.6 Å². The molecule has 1 fully saturated rings. The minimum atomic E-state index is -0.687. The van der Waals surface area contributed by atoms with Crippen LogP contribution in [0.4, 0.5) is 4.39 Å². The highest BCUT2D eigenvalue weighted by Crippen LogP contribution is 2.30. The van der Waals surface area contributed by atoms with Crippen molar-refractivity contribution in [3.63, 3.8) is 0 Å². The number of rotatable bonds is 9. The van der Waals surface area contributed by atoms with Gasteiger partial charge in [-0.15, -0.1) is 0 Å². The Labute approximate surface area is 204 Å². The van der Waals surface area contributed by atoms with Crippen LogP contribution in [0.3, 0.4) is 0 Å². The molecule has 4 rings (SSSR count). The Bertz CT molecular complexity index is 1140. The summed E-state index contributed by atoms with van der Waals surface area (Å²) in [6.45, 7) is 0.378. The van der Waals surface area contributed by atoms with Crippen molar-refractivity contribution in [2.45, 2.75) is 24.8 Å². The second-order valence-electron chi connectivity index (χ2n) is 8.69. The first-order chi connectivity index (χ1) is 17.0. The van der Waals surface area contributed by atoms with Crippen molar-refractivity contribution in [3.8, 4) is 5.75 Å². The SMILES string of the molecule is O=C(COc1cccc(F)c1C(=O)N1CCC(c2ccccc2)C1)N[C@H](CO)Cc1ccccc1. The maximum Gasteiger partial charge on any atom is 0.260 e. The molecule has 1 saturated heterocycles. The van der Waals surface area contributed by atoms with Gasteiger partial charge >= 0.3 is 0 Å². The molecule has 3 aromatic rings. The second kappa shape index (κ2) is 11.6. The molecule has 1 unspecified atom stereocenters. The summed E-state index contributed by atoms with van der Waals surface area (Å²) in [4.78, 5) is 27.3. The number of nitrogens with zero attached hydrogens (tertiary/aromatic N) is 1. The third kappa shape index (κ3) is 6.25. The topological polar surface area (TPSA) is 78.9 Å². The molecule has 0 aliphatic carbocycles. The average molecular weight is 477 g/mol. The van der Waals surface area contributed by atoms with E-state index in [1.165, 1.54) is 18.2 Å². The highest BCUT2D eigenvalue weighted by Gasteiger charge is 2.31. The average Bonchev–Trinajstić information content (AvgIpc) is 3.38. The van der Waals surface area contributed by atoms with Crippen LogP contribution in [-0.4, -0.2) is 54.2 Å². The smallest absolute Gasteiger partial charge is 0.260 e. The van der Waals surface area contributed by atoms with Gasteiger partial charge in [-0.1, -0.05) is 66.7 Å². The van der Waals surface area contributed by atoms with Crippen molar-refractivity contribution >= 4 is 11.8 Å². The van der Waals surface area contributed by atoms with Crippen molar-refractivity contribution in [2.75, 3.05) is 26.3 Å². The molecule has 0 aromatic heterocycles. The number of ether oxygens (including phenoxy) is 1. The van der Waals surface area contributed by atoms with Gasteiger partial charge in [-0.3, -0.25) is 9.59 Å². The van der Waals surface area contributed by atoms with E-state index in [1.54, 1.807) is 4.90 Å². The highest BCUT2D eigenvalue weighted by molar-refractivity contribution is 5.97. The second-order valence-corrected chi connectivity index (χ2v) is 8.69. The van der Waals surface area contributed by atoms with Crippen LogP contribution in [0.5, 0.6) is 5.75 Å². The van der Waals surface area contributed by atoms with Gasteiger partial charge in [0.1, 0.15) is 17.1 Å². The maximum absolute atomic E-state index is 14.7. The minimum Gasteiger partial charge on any atom is -0.483 e. The minimum absolute atomic E-state index is 0.0249. The number of carbonyl (C=O) groups excluding carboxylic acids is 2.